The van der Waals surface area contributed by atoms with Crippen molar-refractivity contribution < 1.29 is 4.42 Å². The van der Waals surface area contributed by atoms with Crippen molar-refractivity contribution in [3.63, 3.8) is 0 Å². The van der Waals surface area contributed by atoms with Crippen molar-refractivity contribution in [3.8, 4) is 0 Å². The first-order valence-corrected chi connectivity index (χ1v) is 7.41. The number of benzene rings is 1. The largest absolute Gasteiger partial charge is 0.406 e. The van der Waals surface area contributed by atoms with Crippen molar-refractivity contribution in [3.05, 3.63) is 40.2 Å². The summed E-state index contributed by atoms with van der Waals surface area (Å²) in [5.74, 6) is 0.615. The Labute approximate surface area is 127 Å². The third kappa shape index (κ3) is 3.80. The van der Waals surface area contributed by atoms with Crippen LogP contribution in [0.15, 0.2) is 33.2 Å². The molecule has 0 aliphatic heterocycles. The molecule has 0 amide bonds. The van der Waals surface area contributed by atoms with Crippen LogP contribution in [0, 0.1) is 0 Å². The van der Waals surface area contributed by atoms with E-state index in [1.165, 1.54) is 5.56 Å². The van der Waals surface area contributed by atoms with E-state index in [9.17, 15) is 0 Å². The van der Waals surface area contributed by atoms with Gasteiger partial charge in [-0.25, -0.2) is 0 Å². The maximum Gasteiger partial charge on any atom is 0.318 e. The van der Waals surface area contributed by atoms with Gasteiger partial charge in [0.05, 0.1) is 6.04 Å². The van der Waals surface area contributed by atoms with Crippen molar-refractivity contribution in [2.75, 3.05) is 18.5 Å². The fourth-order valence-corrected chi connectivity index (χ4v) is 2.14. The van der Waals surface area contributed by atoms with E-state index in [4.69, 9.17) is 4.42 Å². The molecule has 0 saturated carbocycles. The lowest BCUT2D eigenvalue weighted by Gasteiger charge is -2.14. The van der Waals surface area contributed by atoms with Crippen molar-refractivity contribution in [2.24, 2.45) is 0 Å². The zero-order valence-corrected chi connectivity index (χ0v) is 13.5. The standard InChI is InChI=1S/C14H19BrN4O/c1-4-16-10(2)13-17-18-14(20-13)19(3)9-11-5-7-12(15)8-6-11/h5-8,10,16H,4,9H2,1-3H3. The highest BCUT2D eigenvalue weighted by Crippen LogP contribution is 2.18. The van der Waals surface area contributed by atoms with E-state index in [-0.39, 0.29) is 6.04 Å². The molecular weight excluding hydrogens is 320 g/mol. The van der Waals surface area contributed by atoms with Crippen LogP contribution in [0.3, 0.4) is 0 Å². The van der Waals surface area contributed by atoms with Gasteiger partial charge in [-0.05, 0) is 31.2 Å². The highest BCUT2D eigenvalue weighted by Gasteiger charge is 2.15. The molecule has 1 N–H and O–H groups in total. The van der Waals surface area contributed by atoms with Crippen LogP contribution in [0.5, 0.6) is 0 Å². The molecule has 0 spiro atoms. The van der Waals surface area contributed by atoms with E-state index in [0.717, 1.165) is 17.6 Å². The smallest absolute Gasteiger partial charge is 0.318 e. The molecule has 0 aliphatic carbocycles. The van der Waals surface area contributed by atoms with Gasteiger partial charge in [0, 0.05) is 18.1 Å². The molecule has 0 bridgehead atoms. The van der Waals surface area contributed by atoms with Crippen molar-refractivity contribution in [1.29, 1.82) is 0 Å². The minimum Gasteiger partial charge on any atom is -0.406 e. The summed E-state index contributed by atoms with van der Waals surface area (Å²) in [6.07, 6.45) is 0. The Bertz CT molecular complexity index is 540. The number of nitrogens with zero attached hydrogens (tertiary/aromatic N) is 3. The predicted octanol–water partition coefficient (Wildman–Crippen LogP) is 3.14. The van der Waals surface area contributed by atoms with Gasteiger partial charge in [-0.2, -0.15) is 0 Å². The molecule has 0 saturated heterocycles. The number of hydrogen-bond donors (Lipinski definition) is 1. The molecule has 1 atom stereocenters. The summed E-state index contributed by atoms with van der Waals surface area (Å²) < 4.78 is 6.76. The molecule has 1 heterocycles. The molecule has 20 heavy (non-hydrogen) atoms. The van der Waals surface area contributed by atoms with E-state index in [2.05, 4.69) is 43.6 Å². The Kier molecular flexibility index (Phi) is 5.14. The number of hydrogen-bond acceptors (Lipinski definition) is 5. The molecule has 5 nitrogen and oxygen atoms in total. The van der Waals surface area contributed by atoms with Crippen LogP contribution in [0.25, 0.3) is 0 Å². The lowest BCUT2D eigenvalue weighted by Crippen LogP contribution is -2.18. The molecule has 108 valence electrons. The minimum atomic E-state index is 0.0716. The molecule has 0 fully saturated rings. The van der Waals surface area contributed by atoms with Crippen molar-refractivity contribution >= 4 is 21.9 Å². The van der Waals surface area contributed by atoms with Crippen molar-refractivity contribution in [1.82, 2.24) is 15.5 Å². The van der Waals surface area contributed by atoms with E-state index >= 15 is 0 Å². The average molecular weight is 339 g/mol. The molecule has 6 heteroatoms. The lowest BCUT2D eigenvalue weighted by atomic mass is 10.2. The normalized spacial score (nSPS) is 12.4. The first-order valence-electron chi connectivity index (χ1n) is 6.62. The second-order valence-electron chi connectivity index (χ2n) is 4.68. The monoisotopic (exact) mass is 338 g/mol. The number of anilines is 1. The summed E-state index contributed by atoms with van der Waals surface area (Å²) in [6, 6.07) is 8.79. The third-order valence-electron chi connectivity index (χ3n) is 2.97. The summed E-state index contributed by atoms with van der Waals surface area (Å²) >= 11 is 3.43. The van der Waals surface area contributed by atoms with Crippen LogP contribution < -0.4 is 10.2 Å². The SMILES string of the molecule is CCNC(C)c1nnc(N(C)Cc2ccc(Br)cc2)o1. The Morgan fingerprint density at radius 2 is 2.00 bits per heavy atom. The van der Waals surface area contributed by atoms with Gasteiger partial charge in [0.1, 0.15) is 0 Å². The molecule has 1 unspecified atom stereocenters. The Hall–Kier alpha value is -1.40. The zero-order valence-electron chi connectivity index (χ0n) is 11.9. The third-order valence-corrected chi connectivity index (χ3v) is 3.50. The Morgan fingerprint density at radius 3 is 2.65 bits per heavy atom. The first kappa shape index (κ1) is 15.0. The molecule has 0 aliphatic rings. The highest BCUT2D eigenvalue weighted by atomic mass is 79.9. The van der Waals surface area contributed by atoms with Gasteiger partial charge in [0.15, 0.2) is 0 Å². The number of nitrogens with one attached hydrogen (secondary N) is 1. The molecule has 2 rings (SSSR count). The van der Waals surface area contributed by atoms with Gasteiger partial charge < -0.3 is 14.6 Å². The number of halogens is 1. The van der Waals surface area contributed by atoms with Gasteiger partial charge in [-0.3, -0.25) is 0 Å². The van der Waals surface area contributed by atoms with Crippen molar-refractivity contribution in [2.45, 2.75) is 26.4 Å². The van der Waals surface area contributed by atoms with Crippen LogP contribution in [-0.4, -0.2) is 23.8 Å². The average Bonchev–Trinajstić information content (AvgIpc) is 2.91. The van der Waals surface area contributed by atoms with Gasteiger partial charge in [-0.1, -0.05) is 40.1 Å². The summed E-state index contributed by atoms with van der Waals surface area (Å²) in [6.45, 7) is 5.65. The van der Waals surface area contributed by atoms with Gasteiger partial charge in [-0.15, -0.1) is 5.10 Å². The van der Waals surface area contributed by atoms with Crippen LogP contribution >= 0.6 is 15.9 Å². The molecule has 1 aromatic heterocycles. The fourth-order valence-electron chi connectivity index (χ4n) is 1.88. The lowest BCUT2D eigenvalue weighted by molar-refractivity contribution is 0.421. The number of aromatic nitrogens is 2. The summed E-state index contributed by atoms with van der Waals surface area (Å²) in [5, 5.41) is 11.4. The van der Waals surface area contributed by atoms with E-state index in [1.54, 1.807) is 0 Å². The summed E-state index contributed by atoms with van der Waals surface area (Å²) in [5.41, 5.74) is 1.19. The zero-order chi connectivity index (χ0) is 14.5. The molecule has 1 aromatic carbocycles. The molecular formula is C14H19BrN4O. The Balaban J connectivity index is 2.02. The predicted molar refractivity (Wildman–Crippen MR) is 82.6 cm³/mol. The van der Waals surface area contributed by atoms with Crippen LogP contribution in [0.4, 0.5) is 6.01 Å². The van der Waals surface area contributed by atoms with E-state index < -0.39 is 0 Å². The van der Waals surface area contributed by atoms with Crippen LogP contribution in [0.1, 0.15) is 31.3 Å². The maximum atomic E-state index is 5.69. The topological polar surface area (TPSA) is 54.2 Å². The van der Waals surface area contributed by atoms with Gasteiger partial charge >= 0.3 is 6.01 Å². The van der Waals surface area contributed by atoms with Crippen LogP contribution in [-0.2, 0) is 6.54 Å². The second-order valence-corrected chi connectivity index (χ2v) is 5.60. The highest BCUT2D eigenvalue weighted by molar-refractivity contribution is 9.10. The minimum absolute atomic E-state index is 0.0716. The summed E-state index contributed by atoms with van der Waals surface area (Å²) in [4.78, 5) is 1.94. The second kappa shape index (κ2) is 6.85. The van der Waals surface area contributed by atoms with E-state index in [1.807, 2.05) is 37.9 Å². The first-order chi connectivity index (χ1) is 9.60. The fraction of sp³-hybridized carbons (Fsp3) is 0.429. The molecule has 0 radical (unpaired) electrons. The maximum absolute atomic E-state index is 5.69. The van der Waals surface area contributed by atoms with Gasteiger partial charge in [0.25, 0.3) is 0 Å². The quantitative estimate of drug-likeness (QED) is 0.876. The summed E-state index contributed by atoms with van der Waals surface area (Å²) in [7, 11) is 1.94. The number of rotatable bonds is 6. The van der Waals surface area contributed by atoms with Crippen LogP contribution in [0.2, 0.25) is 0 Å². The molecule has 2 aromatic rings. The van der Waals surface area contributed by atoms with Gasteiger partial charge in [0.2, 0.25) is 5.89 Å². The van der Waals surface area contributed by atoms with E-state index in [0.29, 0.717) is 11.9 Å². The Morgan fingerprint density at radius 1 is 1.30 bits per heavy atom.